The number of anilines is 1. The molecule has 1 unspecified atom stereocenters. The Bertz CT molecular complexity index is 407. The van der Waals surface area contributed by atoms with Gasteiger partial charge in [0.05, 0.1) is 5.69 Å². The van der Waals surface area contributed by atoms with E-state index >= 15 is 0 Å². The van der Waals surface area contributed by atoms with Crippen LogP contribution in [-0.4, -0.2) is 6.54 Å². The van der Waals surface area contributed by atoms with Crippen molar-refractivity contribution in [1.29, 1.82) is 0 Å². The minimum Gasteiger partial charge on any atom is -0.379 e. The van der Waals surface area contributed by atoms with Crippen LogP contribution >= 0.6 is 0 Å². The molecule has 1 aliphatic rings. The van der Waals surface area contributed by atoms with Crippen molar-refractivity contribution in [3.8, 4) is 0 Å². The second-order valence-corrected chi connectivity index (χ2v) is 3.69. The van der Waals surface area contributed by atoms with Crippen molar-refractivity contribution in [3.05, 3.63) is 53.9 Å². The lowest BCUT2D eigenvalue weighted by atomic mass is 9.98. The summed E-state index contributed by atoms with van der Waals surface area (Å²) in [5.41, 5.74) is 1.64. The smallest absolute Gasteiger partial charge is 0.146 e. The monoisotopic (exact) mass is 203 g/mol. The highest BCUT2D eigenvalue weighted by molar-refractivity contribution is 5.55. The van der Waals surface area contributed by atoms with Crippen LogP contribution in [0.15, 0.2) is 42.5 Å². The molecule has 1 N–H and O–H groups in total. The number of benzene rings is 1. The molecule has 1 aromatic carbocycles. The summed E-state index contributed by atoms with van der Waals surface area (Å²) in [5.74, 6) is 0.0500. The summed E-state index contributed by atoms with van der Waals surface area (Å²) in [4.78, 5) is 0. The van der Waals surface area contributed by atoms with E-state index in [0.29, 0.717) is 12.2 Å². The SMILES string of the molecule is CC1/C=C\C=C/CNc2c(F)cccc21. The lowest BCUT2D eigenvalue weighted by Gasteiger charge is -2.14. The second kappa shape index (κ2) is 4.30. The largest absolute Gasteiger partial charge is 0.379 e. The summed E-state index contributed by atoms with van der Waals surface area (Å²) < 4.78 is 13.6. The van der Waals surface area contributed by atoms with Crippen molar-refractivity contribution in [1.82, 2.24) is 0 Å². The van der Waals surface area contributed by atoms with E-state index in [1.54, 1.807) is 6.07 Å². The molecule has 0 aromatic heterocycles. The Morgan fingerprint density at radius 3 is 3.07 bits per heavy atom. The van der Waals surface area contributed by atoms with Gasteiger partial charge in [0.1, 0.15) is 5.82 Å². The standard InChI is InChI=1S/C13H14FN/c1-10-6-3-2-4-9-15-13-11(10)7-5-8-12(13)14/h2-8,10,15H,9H2,1H3/b4-2-,6-3-. The average molecular weight is 203 g/mol. The highest BCUT2D eigenvalue weighted by Gasteiger charge is 2.11. The van der Waals surface area contributed by atoms with E-state index in [9.17, 15) is 4.39 Å². The second-order valence-electron chi connectivity index (χ2n) is 3.69. The highest BCUT2D eigenvalue weighted by Crippen LogP contribution is 2.28. The normalized spacial score (nSPS) is 24.0. The average Bonchev–Trinajstić information content (AvgIpc) is 2.32. The van der Waals surface area contributed by atoms with Gasteiger partial charge >= 0.3 is 0 Å². The molecule has 1 aliphatic heterocycles. The molecule has 0 spiro atoms. The lowest BCUT2D eigenvalue weighted by Crippen LogP contribution is -2.05. The minimum atomic E-state index is -0.178. The van der Waals surface area contributed by atoms with Gasteiger partial charge in [-0.05, 0) is 11.6 Å². The summed E-state index contributed by atoms with van der Waals surface area (Å²) in [6.45, 7) is 2.72. The number of allylic oxidation sites excluding steroid dienone is 3. The summed E-state index contributed by atoms with van der Waals surface area (Å²) in [5, 5.41) is 3.10. The number of nitrogens with one attached hydrogen (secondary N) is 1. The van der Waals surface area contributed by atoms with Crippen LogP contribution in [-0.2, 0) is 0 Å². The van der Waals surface area contributed by atoms with Crippen LogP contribution in [0.5, 0.6) is 0 Å². The highest BCUT2D eigenvalue weighted by atomic mass is 19.1. The van der Waals surface area contributed by atoms with E-state index in [4.69, 9.17) is 0 Å². The van der Waals surface area contributed by atoms with Gasteiger partial charge in [-0.1, -0.05) is 43.4 Å². The Morgan fingerprint density at radius 2 is 2.20 bits per heavy atom. The third-order valence-electron chi connectivity index (χ3n) is 2.58. The Kier molecular flexibility index (Phi) is 2.86. The zero-order valence-corrected chi connectivity index (χ0v) is 8.70. The Morgan fingerprint density at radius 1 is 1.33 bits per heavy atom. The first kappa shape index (κ1) is 9.97. The van der Waals surface area contributed by atoms with Crippen molar-refractivity contribution in [2.45, 2.75) is 12.8 Å². The van der Waals surface area contributed by atoms with Gasteiger partial charge in [0, 0.05) is 12.5 Å². The van der Waals surface area contributed by atoms with E-state index in [-0.39, 0.29) is 11.7 Å². The molecule has 1 heterocycles. The van der Waals surface area contributed by atoms with Crippen LogP contribution in [0.1, 0.15) is 18.4 Å². The maximum atomic E-state index is 13.6. The molecule has 0 aliphatic carbocycles. The Labute approximate surface area is 89.3 Å². The third-order valence-corrected chi connectivity index (χ3v) is 2.58. The van der Waals surface area contributed by atoms with Crippen molar-refractivity contribution in [3.63, 3.8) is 0 Å². The van der Waals surface area contributed by atoms with Gasteiger partial charge in [-0.2, -0.15) is 0 Å². The van der Waals surface area contributed by atoms with Crippen LogP contribution in [0.2, 0.25) is 0 Å². The fourth-order valence-electron chi connectivity index (χ4n) is 1.75. The molecule has 0 saturated heterocycles. The predicted molar refractivity (Wildman–Crippen MR) is 61.6 cm³/mol. The van der Waals surface area contributed by atoms with Gasteiger partial charge in [0.2, 0.25) is 0 Å². The third kappa shape index (κ3) is 2.09. The molecule has 2 heteroatoms. The number of para-hydroxylation sites is 1. The molecule has 1 atom stereocenters. The molecular weight excluding hydrogens is 189 g/mol. The van der Waals surface area contributed by atoms with Gasteiger partial charge in [0.15, 0.2) is 0 Å². The molecular formula is C13H14FN. The molecule has 78 valence electrons. The summed E-state index contributed by atoms with van der Waals surface area (Å²) in [6, 6.07) is 5.21. The molecule has 1 nitrogen and oxygen atoms in total. The number of halogens is 1. The number of hydrogen-bond acceptors (Lipinski definition) is 1. The zero-order valence-electron chi connectivity index (χ0n) is 8.70. The zero-order chi connectivity index (χ0) is 10.7. The van der Waals surface area contributed by atoms with Crippen molar-refractivity contribution in [2.24, 2.45) is 0 Å². The fourth-order valence-corrected chi connectivity index (χ4v) is 1.75. The summed E-state index contributed by atoms with van der Waals surface area (Å²) in [6.07, 6.45) is 8.03. The van der Waals surface area contributed by atoms with Crippen LogP contribution < -0.4 is 5.32 Å². The first-order valence-electron chi connectivity index (χ1n) is 5.14. The predicted octanol–water partition coefficient (Wildman–Crippen LogP) is 3.47. The minimum absolute atomic E-state index is 0.178. The maximum Gasteiger partial charge on any atom is 0.146 e. The van der Waals surface area contributed by atoms with Crippen molar-refractivity contribution >= 4 is 5.69 Å². The van der Waals surface area contributed by atoms with Gasteiger partial charge in [-0.3, -0.25) is 0 Å². The van der Waals surface area contributed by atoms with Crippen LogP contribution in [0.4, 0.5) is 10.1 Å². The molecule has 0 radical (unpaired) electrons. The molecule has 2 rings (SSSR count). The van der Waals surface area contributed by atoms with Crippen molar-refractivity contribution < 1.29 is 4.39 Å². The fraction of sp³-hybridized carbons (Fsp3) is 0.231. The number of hydrogen-bond donors (Lipinski definition) is 1. The van der Waals surface area contributed by atoms with Crippen LogP contribution in [0, 0.1) is 5.82 Å². The maximum absolute atomic E-state index is 13.6. The van der Waals surface area contributed by atoms with E-state index in [1.807, 2.05) is 24.3 Å². The molecule has 1 aromatic rings. The van der Waals surface area contributed by atoms with Crippen molar-refractivity contribution in [2.75, 3.05) is 11.9 Å². The summed E-state index contributed by atoms with van der Waals surface area (Å²) in [7, 11) is 0. The first-order chi connectivity index (χ1) is 7.29. The molecule has 0 bridgehead atoms. The van der Waals surface area contributed by atoms with E-state index in [1.165, 1.54) is 6.07 Å². The van der Waals surface area contributed by atoms with Gasteiger partial charge in [0.25, 0.3) is 0 Å². The molecule has 0 amide bonds. The van der Waals surface area contributed by atoms with Gasteiger partial charge in [-0.15, -0.1) is 0 Å². The quantitative estimate of drug-likeness (QED) is 0.680. The Hall–Kier alpha value is -1.57. The van der Waals surface area contributed by atoms with E-state index < -0.39 is 0 Å². The van der Waals surface area contributed by atoms with E-state index in [0.717, 1.165) is 5.56 Å². The number of fused-ring (bicyclic) bond motifs is 1. The van der Waals surface area contributed by atoms with E-state index in [2.05, 4.69) is 18.3 Å². The molecule has 0 fully saturated rings. The molecule has 15 heavy (non-hydrogen) atoms. The Balaban J connectivity index is 2.48. The van der Waals surface area contributed by atoms with Crippen LogP contribution in [0.25, 0.3) is 0 Å². The summed E-state index contributed by atoms with van der Waals surface area (Å²) >= 11 is 0. The molecule has 0 saturated carbocycles. The van der Waals surface area contributed by atoms with Gasteiger partial charge in [-0.25, -0.2) is 4.39 Å². The lowest BCUT2D eigenvalue weighted by molar-refractivity contribution is 0.628. The number of rotatable bonds is 0. The first-order valence-corrected chi connectivity index (χ1v) is 5.14. The topological polar surface area (TPSA) is 12.0 Å². The van der Waals surface area contributed by atoms with Crippen LogP contribution in [0.3, 0.4) is 0 Å². The van der Waals surface area contributed by atoms with Gasteiger partial charge < -0.3 is 5.32 Å².